The maximum Gasteiger partial charge on any atom is 0.0648 e. The highest BCUT2D eigenvalue weighted by molar-refractivity contribution is 7.26. The first kappa shape index (κ1) is 39.4. The third-order valence-corrected chi connectivity index (χ3v) is 17.0. The van der Waals surface area contributed by atoms with Crippen LogP contribution in [0.1, 0.15) is 33.4 Å². The number of thiophene rings is 1. The van der Waals surface area contributed by atoms with Crippen molar-refractivity contribution in [2.75, 3.05) is 4.90 Å². The highest BCUT2D eigenvalue weighted by Gasteiger charge is 2.67. The molecule has 2 heteroatoms. The summed E-state index contributed by atoms with van der Waals surface area (Å²) < 4.78 is 2.64. The van der Waals surface area contributed by atoms with E-state index in [1.807, 2.05) is 11.3 Å². The number of rotatable bonds is 5. The lowest BCUT2D eigenvalue weighted by molar-refractivity contribution is 0.405. The second kappa shape index (κ2) is 15.0. The van der Waals surface area contributed by atoms with E-state index in [0.29, 0.717) is 0 Å². The fourth-order valence-electron chi connectivity index (χ4n) is 13.2. The second-order valence-electron chi connectivity index (χ2n) is 19.0. The lowest BCUT2D eigenvalue weighted by Crippen LogP contribution is -2.58. The fourth-order valence-corrected chi connectivity index (χ4v) is 14.5. The molecule has 12 aromatic rings. The van der Waals surface area contributed by atoms with Crippen molar-refractivity contribution in [1.29, 1.82) is 0 Å². The minimum Gasteiger partial charge on any atom is -0.310 e. The van der Waals surface area contributed by atoms with Gasteiger partial charge in [0.25, 0.3) is 0 Å². The van der Waals surface area contributed by atoms with Gasteiger partial charge in [-0.2, -0.15) is 0 Å². The Morgan fingerprint density at radius 2 is 0.671 bits per heavy atom. The first-order chi connectivity index (χ1) is 34.7. The fraction of sp³-hybridized carbons (Fsp3) is 0.0294. The molecule has 11 aromatic carbocycles. The zero-order valence-electron chi connectivity index (χ0n) is 38.2. The Labute approximate surface area is 411 Å². The zero-order valence-corrected chi connectivity index (χ0v) is 39.0. The van der Waals surface area contributed by atoms with Crippen LogP contribution in [0.3, 0.4) is 0 Å². The van der Waals surface area contributed by atoms with Crippen LogP contribution in [0.2, 0.25) is 0 Å². The van der Waals surface area contributed by atoms with Crippen LogP contribution in [0.15, 0.2) is 261 Å². The van der Waals surface area contributed by atoms with Crippen LogP contribution in [0.4, 0.5) is 17.1 Å². The van der Waals surface area contributed by atoms with Gasteiger partial charge in [0.15, 0.2) is 0 Å². The number of nitrogens with zero attached hydrogens (tertiary/aromatic N) is 1. The zero-order chi connectivity index (χ0) is 46.0. The van der Waals surface area contributed by atoms with Gasteiger partial charge >= 0.3 is 0 Å². The van der Waals surface area contributed by atoms with E-state index in [1.54, 1.807) is 0 Å². The van der Waals surface area contributed by atoms with Crippen molar-refractivity contribution < 1.29 is 0 Å². The number of hydrogen-bond donors (Lipinski definition) is 0. The van der Waals surface area contributed by atoms with E-state index in [4.69, 9.17) is 0 Å². The maximum atomic E-state index is 2.52. The topological polar surface area (TPSA) is 3.24 Å². The van der Waals surface area contributed by atoms with Crippen LogP contribution < -0.4 is 4.90 Å². The van der Waals surface area contributed by atoms with E-state index in [0.717, 1.165) is 17.1 Å². The Kier molecular flexibility index (Phi) is 8.43. The third kappa shape index (κ3) is 5.16. The van der Waals surface area contributed by atoms with Crippen molar-refractivity contribution in [2.45, 2.75) is 10.8 Å². The van der Waals surface area contributed by atoms with E-state index >= 15 is 0 Å². The smallest absolute Gasteiger partial charge is 0.0648 e. The molecule has 1 heterocycles. The molecule has 326 valence electrons. The summed E-state index contributed by atoms with van der Waals surface area (Å²) in [6.45, 7) is 0. The second-order valence-corrected chi connectivity index (χ2v) is 20.1. The highest BCUT2D eigenvalue weighted by atomic mass is 32.1. The van der Waals surface area contributed by atoms with Gasteiger partial charge in [-0.3, -0.25) is 0 Å². The number of fused-ring (bicyclic) bond motifs is 12. The molecule has 0 radical (unpaired) electrons. The van der Waals surface area contributed by atoms with Crippen LogP contribution in [0.25, 0.3) is 75.8 Å². The normalized spacial score (nSPS) is 16.7. The minimum absolute atomic E-state index is 0.609. The first-order valence-corrected chi connectivity index (χ1v) is 25.2. The third-order valence-electron chi connectivity index (χ3n) is 15.8. The maximum absolute atomic E-state index is 2.52. The molecule has 15 rings (SSSR count). The monoisotopic (exact) mass is 905 g/mol. The lowest BCUT2D eigenvalue weighted by atomic mass is 9.38. The van der Waals surface area contributed by atoms with Gasteiger partial charge in [0.05, 0.1) is 16.5 Å². The molecule has 0 fully saturated rings. The Morgan fingerprint density at radius 1 is 0.271 bits per heavy atom. The van der Waals surface area contributed by atoms with Crippen molar-refractivity contribution in [3.05, 3.63) is 294 Å². The highest BCUT2D eigenvalue weighted by Crippen LogP contribution is 2.73. The molecule has 3 aliphatic carbocycles. The average Bonchev–Trinajstić information content (AvgIpc) is 3.84. The van der Waals surface area contributed by atoms with Crippen molar-refractivity contribution in [2.24, 2.45) is 0 Å². The van der Waals surface area contributed by atoms with Gasteiger partial charge in [-0.05, 0) is 120 Å². The van der Waals surface area contributed by atoms with Crippen molar-refractivity contribution >= 4 is 48.6 Å². The van der Waals surface area contributed by atoms with E-state index in [-0.39, 0.29) is 0 Å². The molecule has 0 saturated heterocycles. The summed E-state index contributed by atoms with van der Waals surface area (Å²) in [5.41, 5.74) is 22.6. The molecular formula is C68H43NS. The Morgan fingerprint density at radius 3 is 1.26 bits per heavy atom. The molecule has 0 N–H and O–H groups in total. The van der Waals surface area contributed by atoms with E-state index in [9.17, 15) is 0 Å². The summed E-state index contributed by atoms with van der Waals surface area (Å²) in [5, 5.41) is 2.63. The lowest BCUT2D eigenvalue weighted by Gasteiger charge is -2.62. The summed E-state index contributed by atoms with van der Waals surface area (Å²) >= 11 is 1.88. The molecule has 0 atom stereocenters. The van der Waals surface area contributed by atoms with Crippen molar-refractivity contribution in [1.82, 2.24) is 0 Å². The van der Waals surface area contributed by atoms with Crippen LogP contribution >= 0.6 is 11.3 Å². The first-order valence-electron chi connectivity index (χ1n) is 24.3. The predicted octanol–water partition coefficient (Wildman–Crippen LogP) is 18.2. The standard InChI is InChI=1S/C68H43NS/c1-2-18-44(19-3-1)45-36-40-47(41-37-45)69(48-42-38-46(39-43-48)49-26-16-27-55-54-24-9-15-35-64(54)70-66(49)55)63-34-17-33-62-65(63)56-25-8-14-32-61(56)67-57-28-10-4-20-50(57)52-22-6-12-30-59(52)68(62,67)60-31-13-7-23-53(60)51-21-5-11-29-58(51)67/h1-43H. The van der Waals surface area contributed by atoms with E-state index in [2.05, 4.69) is 266 Å². The van der Waals surface area contributed by atoms with Crippen LogP contribution in [-0.2, 0) is 10.8 Å². The van der Waals surface area contributed by atoms with Gasteiger partial charge in [-0.1, -0.05) is 224 Å². The predicted molar refractivity (Wildman–Crippen MR) is 294 cm³/mol. The quantitative estimate of drug-likeness (QED) is 0.166. The molecule has 1 nitrogen and oxygen atoms in total. The Hall–Kier alpha value is -8.56. The summed E-state index contributed by atoms with van der Waals surface area (Å²) in [5.74, 6) is 0. The van der Waals surface area contributed by atoms with Gasteiger partial charge in [0, 0.05) is 37.1 Å². The summed E-state index contributed by atoms with van der Waals surface area (Å²) in [6, 6.07) is 98.4. The van der Waals surface area contributed by atoms with Gasteiger partial charge in [0.2, 0.25) is 0 Å². The SMILES string of the molecule is c1ccc(-c2ccc(N(c3ccc(-c4cccc5c4sc4ccccc45)cc3)c3cccc4c3-c3ccccc3C35c6ccccc6-c6ccccc6C43c3ccccc3-c3ccccc35)cc2)cc1. The van der Waals surface area contributed by atoms with Gasteiger partial charge in [-0.15, -0.1) is 11.3 Å². The van der Waals surface area contributed by atoms with Gasteiger partial charge in [0.1, 0.15) is 0 Å². The number of anilines is 3. The minimum atomic E-state index is -0.655. The van der Waals surface area contributed by atoms with E-state index in [1.165, 1.54) is 109 Å². The summed E-state index contributed by atoms with van der Waals surface area (Å²) in [4.78, 5) is 2.52. The van der Waals surface area contributed by atoms with Gasteiger partial charge in [-0.25, -0.2) is 0 Å². The van der Waals surface area contributed by atoms with Crippen molar-refractivity contribution in [3.8, 4) is 55.6 Å². The Balaban J connectivity index is 1.03. The van der Waals surface area contributed by atoms with Crippen LogP contribution in [0.5, 0.6) is 0 Å². The number of benzene rings is 11. The molecule has 0 amide bonds. The van der Waals surface area contributed by atoms with Gasteiger partial charge < -0.3 is 4.90 Å². The summed E-state index contributed by atoms with van der Waals surface area (Å²) in [6.07, 6.45) is 0. The molecule has 1 aromatic heterocycles. The van der Waals surface area contributed by atoms with Crippen LogP contribution in [-0.4, -0.2) is 0 Å². The van der Waals surface area contributed by atoms with Crippen LogP contribution in [0, 0.1) is 0 Å². The summed E-state index contributed by atoms with van der Waals surface area (Å²) in [7, 11) is 0. The average molecular weight is 906 g/mol. The van der Waals surface area contributed by atoms with E-state index < -0.39 is 10.8 Å². The largest absolute Gasteiger partial charge is 0.310 e. The molecule has 0 unspecified atom stereocenters. The molecular weight excluding hydrogens is 863 g/mol. The number of hydrogen-bond acceptors (Lipinski definition) is 2. The van der Waals surface area contributed by atoms with Crippen molar-refractivity contribution in [3.63, 3.8) is 0 Å². The molecule has 0 spiro atoms. The molecule has 3 aliphatic rings. The molecule has 0 bridgehead atoms. The molecule has 0 saturated carbocycles. The Bertz CT molecular complexity index is 3970. The molecule has 70 heavy (non-hydrogen) atoms. The molecule has 0 aliphatic heterocycles.